The summed E-state index contributed by atoms with van der Waals surface area (Å²) in [6, 6.07) is 7.42. The van der Waals surface area contributed by atoms with Crippen molar-refractivity contribution in [3.8, 4) is 11.8 Å². The molecule has 5 heteroatoms. The van der Waals surface area contributed by atoms with Crippen molar-refractivity contribution in [2.45, 2.75) is 13.5 Å². The van der Waals surface area contributed by atoms with Gasteiger partial charge in [-0.15, -0.1) is 11.3 Å². The van der Waals surface area contributed by atoms with E-state index in [1.807, 2.05) is 19.1 Å². The first kappa shape index (κ1) is 14.3. The number of pyridine rings is 1. The number of aryl methyl sites for hydroxylation is 1. The largest absolute Gasteiger partial charge is 0.347 e. The van der Waals surface area contributed by atoms with Crippen molar-refractivity contribution in [2.75, 3.05) is 6.54 Å². The van der Waals surface area contributed by atoms with Crippen LogP contribution in [-0.4, -0.2) is 17.4 Å². The second-order valence-electron chi connectivity index (χ2n) is 4.09. The molecule has 0 fully saturated rings. The summed E-state index contributed by atoms with van der Waals surface area (Å²) in [6.45, 7) is 2.66. The predicted octanol–water partition coefficient (Wildman–Crippen LogP) is 1.69. The summed E-state index contributed by atoms with van der Waals surface area (Å²) in [7, 11) is 0. The van der Waals surface area contributed by atoms with E-state index in [1.54, 1.807) is 29.7 Å². The Morgan fingerprint density at radius 2 is 2.30 bits per heavy atom. The molecule has 0 radical (unpaired) electrons. The van der Waals surface area contributed by atoms with Gasteiger partial charge in [0.2, 0.25) is 0 Å². The van der Waals surface area contributed by atoms with Gasteiger partial charge in [0.1, 0.15) is 0 Å². The molecule has 0 spiro atoms. The van der Waals surface area contributed by atoms with Crippen molar-refractivity contribution in [3.63, 3.8) is 0 Å². The number of carbonyl (C=O) groups is 1. The number of amides is 1. The molecule has 0 saturated carbocycles. The lowest BCUT2D eigenvalue weighted by Crippen LogP contribution is -2.23. The van der Waals surface area contributed by atoms with Crippen molar-refractivity contribution in [1.82, 2.24) is 10.3 Å². The third kappa shape index (κ3) is 3.67. The Balaban J connectivity index is 1.97. The monoisotopic (exact) mass is 285 g/mol. The first-order valence-electron chi connectivity index (χ1n) is 6.18. The third-order valence-corrected chi connectivity index (χ3v) is 3.65. The van der Waals surface area contributed by atoms with E-state index in [1.165, 1.54) is 0 Å². The molecule has 2 rings (SSSR count). The molecule has 2 aromatic heterocycles. The Morgan fingerprint density at radius 1 is 1.45 bits per heavy atom. The zero-order valence-corrected chi connectivity index (χ0v) is 12.0. The fraction of sp³-hybridized carbons (Fsp3) is 0.200. The van der Waals surface area contributed by atoms with E-state index >= 15 is 0 Å². The molecule has 2 aromatic rings. The minimum Gasteiger partial charge on any atom is -0.347 e. The normalized spacial score (nSPS) is 9.70. The lowest BCUT2D eigenvalue weighted by molar-refractivity contribution is 0.0950. The van der Waals surface area contributed by atoms with Crippen LogP contribution in [0.25, 0.3) is 0 Å². The zero-order valence-electron chi connectivity index (χ0n) is 11.1. The summed E-state index contributed by atoms with van der Waals surface area (Å²) >= 11 is 1.55. The molecule has 0 saturated heterocycles. The molecule has 0 aliphatic rings. The van der Waals surface area contributed by atoms with Gasteiger partial charge in [-0.3, -0.25) is 9.78 Å². The Kier molecular flexibility index (Phi) is 4.88. The molecule has 1 amide bonds. The van der Waals surface area contributed by atoms with Gasteiger partial charge in [-0.2, -0.15) is 0 Å². The van der Waals surface area contributed by atoms with Gasteiger partial charge in [-0.25, -0.2) is 0 Å². The summed E-state index contributed by atoms with van der Waals surface area (Å²) in [6.07, 6.45) is 1.67. The van der Waals surface area contributed by atoms with E-state index in [9.17, 15) is 4.79 Å². The third-order valence-electron chi connectivity index (χ3n) is 2.65. The van der Waals surface area contributed by atoms with Gasteiger partial charge in [-0.1, -0.05) is 11.8 Å². The predicted molar refractivity (Wildman–Crippen MR) is 80.4 cm³/mol. The molecule has 0 aliphatic carbocycles. The Bertz CT molecular complexity index is 667. The number of carbonyl (C=O) groups excluding carboxylic acids is 1. The van der Waals surface area contributed by atoms with Gasteiger partial charge in [0.15, 0.2) is 0 Å². The summed E-state index contributed by atoms with van der Waals surface area (Å²) in [5, 5.41) is 2.88. The first-order chi connectivity index (χ1) is 9.70. The second-order valence-corrected chi connectivity index (χ2v) is 5.26. The molecule has 0 aromatic carbocycles. The summed E-state index contributed by atoms with van der Waals surface area (Å²) in [5.74, 6) is 5.67. The van der Waals surface area contributed by atoms with Crippen LogP contribution in [0.3, 0.4) is 0 Å². The van der Waals surface area contributed by atoms with E-state index in [0.29, 0.717) is 18.7 Å². The molecule has 4 nitrogen and oxygen atoms in total. The van der Waals surface area contributed by atoms with Crippen LogP contribution in [0.15, 0.2) is 30.5 Å². The van der Waals surface area contributed by atoms with Crippen LogP contribution in [-0.2, 0) is 6.54 Å². The van der Waals surface area contributed by atoms with Crippen molar-refractivity contribution < 1.29 is 4.79 Å². The topological polar surface area (TPSA) is 68.0 Å². The molecule has 0 aliphatic heterocycles. The molecule has 0 unspecified atom stereocenters. The molecular weight excluding hydrogens is 270 g/mol. The van der Waals surface area contributed by atoms with Gasteiger partial charge in [0.25, 0.3) is 5.91 Å². The number of hydrogen-bond acceptors (Lipinski definition) is 4. The van der Waals surface area contributed by atoms with Gasteiger partial charge in [0, 0.05) is 16.8 Å². The average Bonchev–Trinajstić information content (AvgIpc) is 2.91. The maximum atomic E-state index is 12.0. The molecule has 0 atom stereocenters. The van der Waals surface area contributed by atoms with Crippen LogP contribution in [0.2, 0.25) is 0 Å². The van der Waals surface area contributed by atoms with E-state index in [2.05, 4.69) is 22.1 Å². The van der Waals surface area contributed by atoms with Crippen LogP contribution in [0.5, 0.6) is 0 Å². The fourth-order valence-electron chi connectivity index (χ4n) is 1.67. The fourth-order valence-corrected chi connectivity index (χ4v) is 2.49. The SMILES string of the molecule is Cc1ncccc1C(=O)NCc1ccc(C#CCN)s1. The lowest BCUT2D eigenvalue weighted by Gasteiger charge is -2.05. The summed E-state index contributed by atoms with van der Waals surface area (Å²) in [4.78, 5) is 18.1. The number of nitrogens with zero attached hydrogens (tertiary/aromatic N) is 1. The van der Waals surface area contributed by atoms with E-state index in [4.69, 9.17) is 5.73 Å². The highest BCUT2D eigenvalue weighted by atomic mass is 32.1. The summed E-state index contributed by atoms with van der Waals surface area (Å²) < 4.78 is 0. The van der Waals surface area contributed by atoms with Crippen LogP contribution < -0.4 is 11.1 Å². The molecule has 102 valence electrons. The zero-order chi connectivity index (χ0) is 14.4. The van der Waals surface area contributed by atoms with Gasteiger partial charge < -0.3 is 11.1 Å². The van der Waals surface area contributed by atoms with Crippen molar-refractivity contribution >= 4 is 17.2 Å². The van der Waals surface area contributed by atoms with E-state index in [-0.39, 0.29) is 5.91 Å². The number of thiophene rings is 1. The molecular formula is C15H15N3OS. The van der Waals surface area contributed by atoms with Gasteiger partial charge >= 0.3 is 0 Å². The van der Waals surface area contributed by atoms with E-state index in [0.717, 1.165) is 15.4 Å². The van der Waals surface area contributed by atoms with Crippen molar-refractivity contribution in [3.05, 3.63) is 51.5 Å². The number of nitrogens with two attached hydrogens (primary N) is 1. The Morgan fingerprint density at radius 3 is 3.05 bits per heavy atom. The highest BCUT2D eigenvalue weighted by Crippen LogP contribution is 2.15. The number of nitrogens with one attached hydrogen (secondary N) is 1. The smallest absolute Gasteiger partial charge is 0.253 e. The number of aromatic nitrogens is 1. The maximum Gasteiger partial charge on any atom is 0.253 e. The Labute approximate surface area is 122 Å². The maximum absolute atomic E-state index is 12.0. The van der Waals surface area contributed by atoms with Crippen LogP contribution in [0.1, 0.15) is 25.8 Å². The number of hydrogen-bond donors (Lipinski definition) is 2. The van der Waals surface area contributed by atoms with Crippen molar-refractivity contribution in [1.29, 1.82) is 0 Å². The van der Waals surface area contributed by atoms with Gasteiger partial charge in [-0.05, 0) is 31.2 Å². The molecule has 3 N–H and O–H groups in total. The quantitative estimate of drug-likeness (QED) is 0.843. The molecule has 0 bridgehead atoms. The molecule has 2 heterocycles. The standard InChI is InChI=1S/C15H15N3OS/c1-11-14(5-3-9-17-11)15(19)18-10-13-7-6-12(20-13)4-2-8-16/h3,5-7,9H,8,10,16H2,1H3,(H,18,19). The minimum atomic E-state index is -0.112. The first-order valence-corrected chi connectivity index (χ1v) is 7.00. The Hall–Kier alpha value is -2.16. The van der Waals surface area contributed by atoms with Crippen molar-refractivity contribution in [2.24, 2.45) is 5.73 Å². The van der Waals surface area contributed by atoms with Crippen LogP contribution in [0, 0.1) is 18.8 Å². The van der Waals surface area contributed by atoms with E-state index < -0.39 is 0 Å². The van der Waals surface area contributed by atoms with Gasteiger partial charge in [0.05, 0.1) is 23.5 Å². The minimum absolute atomic E-state index is 0.112. The number of rotatable bonds is 3. The molecule has 20 heavy (non-hydrogen) atoms. The lowest BCUT2D eigenvalue weighted by atomic mass is 10.2. The summed E-state index contributed by atoms with van der Waals surface area (Å²) in [5.41, 5.74) is 6.66. The second kappa shape index (κ2) is 6.85. The van der Waals surface area contributed by atoms with Crippen LogP contribution >= 0.6 is 11.3 Å². The highest BCUT2D eigenvalue weighted by molar-refractivity contribution is 7.12. The highest BCUT2D eigenvalue weighted by Gasteiger charge is 2.09. The van der Waals surface area contributed by atoms with Crippen LogP contribution in [0.4, 0.5) is 0 Å². The average molecular weight is 285 g/mol.